The standard InChI is InChI=1S/C25H32N2O3/c1-29-23-11-6-5-10-22(23)26-24(28)30-19-18-27-17-7-14-25(27)15-12-21(13-16-25)20-8-3-2-4-9-20/h2-6,8-11,21H,7,12-19H2,1H3,(H,26,28). The van der Waals surface area contributed by atoms with Crippen LogP contribution in [0.2, 0.25) is 0 Å². The summed E-state index contributed by atoms with van der Waals surface area (Å²) in [6.45, 7) is 2.31. The van der Waals surface area contributed by atoms with Gasteiger partial charge in [0.25, 0.3) is 0 Å². The Morgan fingerprint density at radius 1 is 1.07 bits per heavy atom. The highest BCUT2D eigenvalue weighted by molar-refractivity contribution is 5.86. The zero-order chi connectivity index (χ0) is 20.8. The fourth-order valence-electron chi connectivity index (χ4n) is 5.27. The van der Waals surface area contributed by atoms with Crippen LogP contribution in [0, 0.1) is 0 Å². The summed E-state index contributed by atoms with van der Waals surface area (Å²) in [6, 6.07) is 18.3. The molecule has 30 heavy (non-hydrogen) atoms. The molecule has 0 bridgehead atoms. The fourth-order valence-corrected chi connectivity index (χ4v) is 5.27. The van der Waals surface area contributed by atoms with Crippen molar-refractivity contribution in [1.29, 1.82) is 0 Å². The lowest BCUT2D eigenvalue weighted by Gasteiger charge is -2.44. The monoisotopic (exact) mass is 408 g/mol. The number of para-hydroxylation sites is 2. The average molecular weight is 409 g/mol. The molecule has 1 aliphatic heterocycles. The molecular formula is C25H32N2O3. The van der Waals surface area contributed by atoms with Crippen LogP contribution in [-0.4, -0.2) is 43.3 Å². The van der Waals surface area contributed by atoms with Crippen LogP contribution >= 0.6 is 0 Å². The van der Waals surface area contributed by atoms with Crippen molar-refractivity contribution in [3.8, 4) is 5.75 Å². The van der Waals surface area contributed by atoms with Crippen LogP contribution in [0.1, 0.15) is 50.0 Å². The van der Waals surface area contributed by atoms with Gasteiger partial charge >= 0.3 is 6.09 Å². The van der Waals surface area contributed by atoms with Crippen molar-refractivity contribution in [2.45, 2.75) is 50.0 Å². The zero-order valence-corrected chi connectivity index (χ0v) is 17.8. The summed E-state index contributed by atoms with van der Waals surface area (Å²) in [5, 5.41) is 2.78. The number of benzene rings is 2. The molecule has 1 aliphatic carbocycles. The Bertz CT molecular complexity index is 831. The number of nitrogens with one attached hydrogen (secondary N) is 1. The minimum absolute atomic E-state index is 0.299. The van der Waals surface area contributed by atoms with E-state index in [4.69, 9.17) is 9.47 Å². The maximum Gasteiger partial charge on any atom is 0.411 e. The topological polar surface area (TPSA) is 50.8 Å². The third kappa shape index (κ3) is 4.62. The highest BCUT2D eigenvalue weighted by Crippen LogP contribution is 2.46. The van der Waals surface area contributed by atoms with Crippen LogP contribution in [0.15, 0.2) is 54.6 Å². The number of hydrogen-bond acceptors (Lipinski definition) is 4. The second-order valence-corrected chi connectivity index (χ2v) is 8.46. The van der Waals surface area contributed by atoms with Crippen molar-refractivity contribution in [2.75, 3.05) is 32.1 Å². The van der Waals surface area contributed by atoms with Gasteiger partial charge in [0.1, 0.15) is 12.4 Å². The van der Waals surface area contributed by atoms with E-state index in [0.29, 0.717) is 29.5 Å². The predicted octanol–water partition coefficient (Wildman–Crippen LogP) is 5.44. The van der Waals surface area contributed by atoms with Gasteiger partial charge in [0.15, 0.2) is 0 Å². The minimum atomic E-state index is -0.430. The number of amides is 1. The van der Waals surface area contributed by atoms with E-state index < -0.39 is 6.09 Å². The van der Waals surface area contributed by atoms with E-state index in [-0.39, 0.29) is 0 Å². The summed E-state index contributed by atoms with van der Waals surface area (Å²) < 4.78 is 10.8. The molecule has 1 saturated carbocycles. The molecule has 2 aromatic rings. The van der Waals surface area contributed by atoms with Crippen LogP contribution in [0.4, 0.5) is 10.5 Å². The summed E-state index contributed by atoms with van der Waals surface area (Å²) in [5.41, 5.74) is 2.41. The normalized spacial score (nSPS) is 24.0. The number of ether oxygens (including phenoxy) is 2. The van der Waals surface area contributed by atoms with Gasteiger partial charge < -0.3 is 9.47 Å². The lowest BCUT2D eigenvalue weighted by molar-refractivity contribution is 0.0629. The second-order valence-electron chi connectivity index (χ2n) is 8.46. The number of carbonyl (C=O) groups excluding carboxylic acids is 1. The molecule has 5 nitrogen and oxygen atoms in total. The third-order valence-electron chi connectivity index (χ3n) is 6.87. The second kappa shape index (κ2) is 9.52. The Morgan fingerprint density at radius 2 is 1.80 bits per heavy atom. The molecule has 2 aliphatic rings. The van der Waals surface area contributed by atoms with Crippen molar-refractivity contribution in [3.05, 3.63) is 60.2 Å². The van der Waals surface area contributed by atoms with Crippen LogP contribution in [0.5, 0.6) is 5.75 Å². The Hall–Kier alpha value is -2.53. The van der Waals surface area contributed by atoms with Crippen molar-refractivity contribution in [2.24, 2.45) is 0 Å². The summed E-state index contributed by atoms with van der Waals surface area (Å²) in [6.07, 6.45) is 7.04. The van der Waals surface area contributed by atoms with Gasteiger partial charge in [-0.1, -0.05) is 42.5 Å². The summed E-state index contributed by atoms with van der Waals surface area (Å²) >= 11 is 0. The quantitative estimate of drug-likeness (QED) is 0.692. The number of likely N-dealkylation sites (tertiary alicyclic amines) is 1. The maximum atomic E-state index is 12.2. The van der Waals surface area contributed by atoms with Gasteiger partial charge in [0.05, 0.1) is 12.8 Å². The molecular weight excluding hydrogens is 376 g/mol. The van der Waals surface area contributed by atoms with E-state index >= 15 is 0 Å². The predicted molar refractivity (Wildman–Crippen MR) is 119 cm³/mol. The highest BCUT2D eigenvalue weighted by atomic mass is 16.5. The number of anilines is 1. The lowest BCUT2D eigenvalue weighted by atomic mass is 9.73. The summed E-state index contributed by atoms with van der Waals surface area (Å²) in [7, 11) is 1.59. The SMILES string of the molecule is COc1ccccc1NC(=O)OCCN1CCCC12CCC(c1ccccc1)CC2. The Kier molecular flexibility index (Phi) is 6.58. The van der Waals surface area contributed by atoms with Crippen LogP contribution in [-0.2, 0) is 4.74 Å². The van der Waals surface area contributed by atoms with E-state index in [2.05, 4.69) is 40.5 Å². The van der Waals surface area contributed by atoms with Crippen LogP contribution in [0.3, 0.4) is 0 Å². The zero-order valence-electron chi connectivity index (χ0n) is 17.8. The number of nitrogens with zero attached hydrogens (tertiary/aromatic N) is 1. The molecule has 0 atom stereocenters. The van der Waals surface area contributed by atoms with Crippen LogP contribution in [0.25, 0.3) is 0 Å². The van der Waals surface area contributed by atoms with Gasteiger partial charge in [-0.25, -0.2) is 4.79 Å². The molecule has 1 spiro atoms. The largest absolute Gasteiger partial charge is 0.495 e. The smallest absolute Gasteiger partial charge is 0.411 e. The molecule has 4 rings (SSSR count). The van der Waals surface area contributed by atoms with Crippen molar-refractivity contribution < 1.29 is 14.3 Å². The van der Waals surface area contributed by atoms with Gasteiger partial charge in [-0.3, -0.25) is 10.2 Å². The Morgan fingerprint density at radius 3 is 2.57 bits per heavy atom. The first kappa shape index (κ1) is 20.7. The first-order valence-electron chi connectivity index (χ1n) is 11.1. The molecule has 1 saturated heterocycles. The van der Waals surface area contributed by atoms with Gasteiger partial charge in [-0.2, -0.15) is 0 Å². The summed E-state index contributed by atoms with van der Waals surface area (Å²) in [4.78, 5) is 14.8. The highest BCUT2D eigenvalue weighted by Gasteiger charge is 2.43. The molecule has 0 unspecified atom stereocenters. The molecule has 0 aromatic heterocycles. The Balaban J connectivity index is 1.26. The van der Waals surface area contributed by atoms with Gasteiger partial charge in [-0.05, 0) is 68.7 Å². The van der Waals surface area contributed by atoms with E-state index in [1.807, 2.05) is 18.2 Å². The number of hydrogen-bond donors (Lipinski definition) is 1. The molecule has 2 fully saturated rings. The third-order valence-corrected chi connectivity index (χ3v) is 6.87. The molecule has 1 amide bonds. The first-order valence-corrected chi connectivity index (χ1v) is 11.1. The van der Waals surface area contributed by atoms with Crippen LogP contribution < -0.4 is 10.1 Å². The van der Waals surface area contributed by atoms with E-state index in [1.165, 1.54) is 44.1 Å². The minimum Gasteiger partial charge on any atom is -0.495 e. The molecule has 2 aromatic carbocycles. The molecule has 1 N–H and O–H groups in total. The van der Waals surface area contributed by atoms with E-state index in [0.717, 1.165) is 13.1 Å². The number of methoxy groups -OCH3 is 1. The Labute approximate surface area is 179 Å². The van der Waals surface area contributed by atoms with Crippen molar-refractivity contribution in [3.63, 3.8) is 0 Å². The number of rotatable bonds is 6. The van der Waals surface area contributed by atoms with Crippen molar-refractivity contribution in [1.82, 2.24) is 4.90 Å². The first-order chi connectivity index (χ1) is 14.7. The molecule has 0 radical (unpaired) electrons. The van der Waals surface area contributed by atoms with Crippen molar-refractivity contribution >= 4 is 11.8 Å². The van der Waals surface area contributed by atoms with Gasteiger partial charge in [0, 0.05) is 12.1 Å². The lowest BCUT2D eigenvalue weighted by Crippen LogP contribution is -2.47. The van der Waals surface area contributed by atoms with Gasteiger partial charge in [0.2, 0.25) is 0 Å². The molecule has 1 heterocycles. The van der Waals surface area contributed by atoms with Gasteiger partial charge in [-0.15, -0.1) is 0 Å². The molecule has 5 heteroatoms. The van der Waals surface area contributed by atoms with E-state index in [9.17, 15) is 4.79 Å². The fraction of sp³-hybridized carbons (Fsp3) is 0.480. The summed E-state index contributed by atoms with van der Waals surface area (Å²) in [5.74, 6) is 1.31. The maximum absolute atomic E-state index is 12.2. The van der Waals surface area contributed by atoms with E-state index in [1.54, 1.807) is 13.2 Å². The number of carbonyl (C=O) groups is 1. The average Bonchev–Trinajstić information content (AvgIpc) is 3.17. The molecule has 160 valence electrons.